The smallest absolute Gasteiger partial charge is 0.258 e. The first kappa shape index (κ1) is 22.4. The van der Waals surface area contributed by atoms with Crippen LogP contribution in [-0.4, -0.2) is 12.2 Å². The second-order valence-corrected chi connectivity index (χ2v) is 7.97. The number of hydrogen-bond acceptors (Lipinski definition) is 5. The van der Waals surface area contributed by atoms with E-state index in [0.717, 1.165) is 5.56 Å². The Morgan fingerprint density at radius 1 is 1.07 bits per heavy atom. The highest BCUT2D eigenvalue weighted by Crippen LogP contribution is 2.22. The van der Waals surface area contributed by atoms with Gasteiger partial charge in [0.15, 0.2) is 5.11 Å². The maximum Gasteiger partial charge on any atom is 0.258 e. The number of thiocarbonyl (C=S) groups is 1. The first-order valence-electron chi connectivity index (χ1n) is 8.73. The van der Waals surface area contributed by atoms with Crippen LogP contribution in [0.25, 0.3) is 0 Å². The fraction of sp³-hybridized carbons (Fsp3) is 0.350. The maximum atomic E-state index is 14.1. The van der Waals surface area contributed by atoms with E-state index in [2.05, 4.69) is 64.9 Å². The molecule has 2 aromatic carbocycles. The lowest BCUT2D eigenvalue weighted by Gasteiger charge is -2.19. The zero-order valence-electron chi connectivity index (χ0n) is 16.4. The minimum Gasteiger partial charge on any atom is -0.399 e. The van der Waals surface area contributed by atoms with Crippen LogP contribution in [0.1, 0.15) is 37.5 Å². The highest BCUT2D eigenvalue weighted by atomic mass is 32.2. The van der Waals surface area contributed by atoms with Crippen molar-refractivity contribution >= 4 is 29.7 Å². The third-order valence-corrected chi connectivity index (χ3v) is 4.70. The van der Waals surface area contributed by atoms with Crippen LogP contribution >= 0.6 is 24.5 Å². The molecule has 2 N–H and O–H groups in total. The van der Waals surface area contributed by atoms with Gasteiger partial charge in [-0.25, -0.2) is 9.28 Å². The number of nitrogens with one attached hydrogen (secondary N) is 2. The summed E-state index contributed by atoms with van der Waals surface area (Å²) in [5.74, 6) is -0.0775. The van der Waals surface area contributed by atoms with Crippen LogP contribution in [0.2, 0.25) is 0 Å². The zero-order chi connectivity index (χ0) is 20.6. The molecule has 0 radical (unpaired) electrons. The maximum absolute atomic E-state index is 14.1. The van der Waals surface area contributed by atoms with Crippen LogP contribution < -0.4 is 14.8 Å². The van der Waals surface area contributed by atoms with Crippen LogP contribution in [0.5, 0.6) is 5.75 Å². The van der Waals surface area contributed by atoms with Crippen molar-refractivity contribution in [1.82, 2.24) is 10.6 Å². The van der Waals surface area contributed by atoms with E-state index in [4.69, 9.17) is 16.4 Å². The average Bonchev–Trinajstić information content (AvgIpc) is 2.65. The van der Waals surface area contributed by atoms with Crippen LogP contribution in [-0.2, 0) is 27.7 Å². The van der Waals surface area contributed by atoms with Gasteiger partial charge < -0.3 is 14.8 Å². The lowest BCUT2D eigenvalue weighted by Crippen LogP contribution is -2.34. The Hall–Kier alpha value is -1.87. The summed E-state index contributed by atoms with van der Waals surface area (Å²) in [6, 6.07) is 13.0. The zero-order valence-corrected chi connectivity index (χ0v) is 18.0. The largest absolute Gasteiger partial charge is 0.399 e. The number of benzene rings is 2. The van der Waals surface area contributed by atoms with Gasteiger partial charge in [-0.3, -0.25) is 0 Å². The summed E-state index contributed by atoms with van der Waals surface area (Å²) in [7, 11) is 1.35. The predicted octanol–water partition coefficient (Wildman–Crippen LogP) is 4.81. The second-order valence-electron chi connectivity index (χ2n) is 7.12. The molecule has 0 amide bonds. The average molecular weight is 425 g/mol. The van der Waals surface area contributed by atoms with E-state index in [1.165, 1.54) is 18.7 Å². The van der Waals surface area contributed by atoms with Gasteiger partial charge in [0, 0.05) is 24.7 Å². The highest BCUT2D eigenvalue weighted by Gasteiger charge is 2.12. The summed E-state index contributed by atoms with van der Waals surface area (Å²) in [6.07, 6.45) is 0. The fourth-order valence-corrected chi connectivity index (χ4v) is 2.76. The Labute approximate surface area is 175 Å². The molecule has 2 aromatic rings. The lowest BCUT2D eigenvalue weighted by molar-refractivity contribution is -0.164. The molecule has 0 unspecified atom stereocenters. The lowest BCUT2D eigenvalue weighted by atomic mass is 9.87. The number of halogens is 1. The molecule has 5 nitrogen and oxygen atoms in total. The van der Waals surface area contributed by atoms with Gasteiger partial charge in [0.25, 0.3) is 12.3 Å². The Balaban J connectivity index is 1.79. The van der Waals surface area contributed by atoms with Gasteiger partial charge in [-0.15, -0.1) is 4.33 Å². The molecule has 0 saturated carbocycles. The Kier molecular flexibility index (Phi) is 8.50. The minimum atomic E-state index is -0.399. The van der Waals surface area contributed by atoms with Gasteiger partial charge in [0.2, 0.25) is 0 Å². The number of rotatable bonds is 8. The molecular formula is C20H25FN2O3S2. The molecule has 0 heterocycles. The van der Waals surface area contributed by atoms with Gasteiger partial charge >= 0.3 is 0 Å². The van der Waals surface area contributed by atoms with Crippen molar-refractivity contribution < 1.29 is 17.8 Å². The predicted molar refractivity (Wildman–Crippen MR) is 114 cm³/mol. The highest BCUT2D eigenvalue weighted by molar-refractivity contribution is 7.90. The summed E-state index contributed by atoms with van der Waals surface area (Å²) in [5, 5.41) is 6.60. The van der Waals surface area contributed by atoms with Gasteiger partial charge in [-0.2, -0.15) is 0 Å². The third-order valence-electron chi connectivity index (χ3n) is 3.96. The van der Waals surface area contributed by atoms with Crippen LogP contribution in [0, 0.1) is 5.82 Å². The van der Waals surface area contributed by atoms with E-state index >= 15 is 0 Å². The molecule has 0 aliphatic rings. The second kappa shape index (κ2) is 10.6. The molecule has 0 atom stereocenters. The van der Waals surface area contributed by atoms with E-state index in [1.54, 1.807) is 12.1 Å². The topological polar surface area (TPSA) is 51.8 Å². The van der Waals surface area contributed by atoms with Crippen molar-refractivity contribution in [2.75, 3.05) is 7.11 Å². The van der Waals surface area contributed by atoms with Crippen molar-refractivity contribution in [2.45, 2.75) is 39.3 Å². The molecule has 152 valence electrons. The fourth-order valence-electron chi connectivity index (χ4n) is 2.35. The Morgan fingerprint density at radius 3 is 2.36 bits per heavy atom. The molecule has 2 rings (SSSR count). The Bertz CT molecular complexity index is 780. The molecule has 0 aliphatic carbocycles. The molecule has 0 aromatic heterocycles. The van der Waals surface area contributed by atoms with Crippen LogP contribution in [0.4, 0.5) is 4.39 Å². The van der Waals surface area contributed by atoms with Crippen LogP contribution in [0.15, 0.2) is 42.5 Å². The summed E-state index contributed by atoms with van der Waals surface area (Å²) < 4.78 is 23.7. The van der Waals surface area contributed by atoms with E-state index in [-0.39, 0.29) is 12.0 Å². The van der Waals surface area contributed by atoms with Crippen molar-refractivity contribution in [3.63, 3.8) is 0 Å². The monoisotopic (exact) mass is 424 g/mol. The van der Waals surface area contributed by atoms with Gasteiger partial charge in [0.1, 0.15) is 11.6 Å². The summed E-state index contributed by atoms with van der Waals surface area (Å²) in [4.78, 5) is 4.37. The van der Waals surface area contributed by atoms with E-state index in [9.17, 15) is 4.39 Å². The van der Waals surface area contributed by atoms with Gasteiger partial charge in [-0.1, -0.05) is 51.1 Å². The van der Waals surface area contributed by atoms with Gasteiger partial charge in [0.05, 0.1) is 7.11 Å². The van der Waals surface area contributed by atoms with E-state index < -0.39 is 5.82 Å². The minimum absolute atomic E-state index is 0.128. The van der Waals surface area contributed by atoms with E-state index in [1.807, 2.05) is 0 Å². The normalized spacial score (nSPS) is 11.2. The quantitative estimate of drug-likeness (QED) is 0.207. The number of hydrogen-bond donors (Lipinski definition) is 2. The molecule has 0 aliphatic heterocycles. The third kappa shape index (κ3) is 7.27. The molecule has 28 heavy (non-hydrogen) atoms. The summed E-state index contributed by atoms with van der Waals surface area (Å²) in [5.41, 5.74) is 3.01. The van der Waals surface area contributed by atoms with E-state index in [0.29, 0.717) is 35.3 Å². The molecule has 8 heteroatoms. The van der Waals surface area contributed by atoms with Crippen molar-refractivity contribution in [1.29, 1.82) is 0 Å². The first-order valence-corrected chi connectivity index (χ1v) is 9.80. The standard InChI is InChI=1S/C20H25FN2O3S2/c1-20(2,3)16-8-5-14(6-9-16)12-22-19(27)23-13-15-7-10-17(11-18(15)21)25-28-26-24-4/h5-11H,12-13H2,1-4H3,(H2,22,23,27). The molecular weight excluding hydrogens is 399 g/mol. The van der Waals surface area contributed by atoms with Gasteiger partial charge in [-0.05, 0) is 34.8 Å². The summed E-state index contributed by atoms with van der Waals surface area (Å²) in [6.45, 7) is 7.42. The van der Waals surface area contributed by atoms with Crippen molar-refractivity contribution in [2.24, 2.45) is 0 Å². The Morgan fingerprint density at radius 2 is 1.75 bits per heavy atom. The molecule has 0 fully saturated rings. The molecule has 0 bridgehead atoms. The van der Waals surface area contributed by atoms with Crippen molar-refractivity contribution in [3.05, 3.63) is 65.0 Å². The van der Waals surface area contributed by atoms with Crippen LogP contribution in [0.3, 0.4) is 0 Å². The first-order chi connectivity index (χ1) is 13.3. The van der Waals surface area contributed by atoms with Crippen molar-refractivity contribution in [3.8, 4) is 5.75 Å². The molecule has 0 saturated heterocycles. The summed E-state index contributed by atoms with van der Waals surface area (Å²) >= 11 is 5.88. The molecule has 0 spiro atoms. The SMILES string of the molecule is COOSOc1ccc(CNC(=S)NCc2ccc(C(C)(C)C)cc2)c(F)c1.